The molecular weight excluding hydrogens is 252 g/mol. The highest BCUT2D eigenvalue weighted by molar-refractivity contribution is 7.18. The second kappa shape index (κ2) is 4.40. The number of aliphatic hydroxyl groups excluding tert-OH is 1. The van der Waals surface area contributed by atoms with Crippen LogP contribution < -0.4 is 11.1 Å². The number of hydrogen-bond donors (Lipinski definition) is 3. The van der Waals surface area contributed by atoms with E-state index in [1.54, 1.807) is 4.90 Å². The summed E-state index contributed by atoms with van der Waals surface area (Å²) in [7, 11) is 0. The lowest BCUT2D eigenvalue weighted by atomic mass is 10.3. The van der Waals surface area contributed by atoms with Gasteiger partial charge in [-0.05, 0) is 19.3 Å². The Hall–Kier alpha value is -1.34. The summed E-state index contributed by atoms with van der Waals surface area (Å²) in [6.45, 7) is 0.976. The Morgan fingerprint density at radius 2 is 2.28 bits per heavy atom. The average Bonchev–Trinajstić information content (AvgIpc) is 2.91. The summed E-state index contributed by atoms with van der Waals surface area (Å²) >= 11 is 1.30. The first-order valence-corrected chi connectivity index (χ1v) is 6.95. The Labute approximate surface area is 109 Å². The smallest absolute Gasteiger partial charge is 0.267 e. The number of nitrogen functional groups attached to an aromatic ring is 1. The number of rotatable bonds is 3. The van der Waals surface area contributed by atoms with Crippen LogP contribution in [0, 0.1) is 0 Å². The molecule has 6 nitrogen and oxygen atoms in total. The monoisotopic (exact) mass is 268 g/mol. The molecule has 2 aliphatic rings. The minimum absolute atomic E-state index is 0.120. The van der Waals surface area contributed by atoms with Crippen LogP contribution in [0.4, 0.5) is 10.9 Å². The summed E-state index contributed by atoms with van der Waals surface area (Å²) in [5.74, 6) is 0.167. The molecule has 0 radical (unpaired) electrons. The van der Waals surface area contributed by atoms with Crippen LogP contribution in [0.5, 0.6) is 0 Å². The third kappa shape index (κ3) is 2.28. The molecule has 1 unspecified atom stereocenters. The summed E-state index contributed by atoms with van der Waals surface area (Å²) in [5.41, 5.74) is 5.79. The Morgan fingerprint density at radius 3 is 2.89 bits per heavy atom. The fourth-order valence-electron chi connectivity index (χ4n) is 2.02. The van der Waals surface area contributed by atoms with Gasteiger partial charge >= 0.3 is 0 Å². The zero-order valence-corrected chi connectivity index (χ0v) is 10.7. The Bertz CT molecular complexity index is 472. The molecule has 0 bridgehead atoms. The molecule has 0 spiro atoms. The van der Waals surface area contributed by atoms with Gasteiger partial charge in [-0.25, -0.2) is 4.98 Å². The van der Waals surface area contributed by atoms with E-state index in [9.17, 15) is 9.90 Å². The molecule has 4 N–H and O–H groups in total. The predicted octanol–water partition coefficient (Wildman–Crippen LogP) is 0.506. The summed E-state index contributed by atoms with van der Waals surface area (Å²) < 4.78 is 0. The molecule has 1 aliphatic carbocycles. The van der Waals surface area contributed by atoms with Gasteiger partial charge in [0.15, 0.2) is 5.13 Å². The van der Waals surface area contributed by atoms with Crippen LogP contribution >= 0.6 is 11.3 Å². The van der Waals surface area contributed by atoms with Crippen molar-refractivity contribution >= 4 is 28.2 Å². The first-order valence-electron chi connectivity index (χ1n) is 6.13. The Balaban J connectivity index is 1.74. The van der Waals surface area contributed by atoms with E-state index >= 15 is 0 Å². The van der Waals surface area contributed by atoms with Gasteiger partial charge in [0.1, 0.15) is 10.7 Å². The van der Waals surface area contributed by atoms with Gasteiger partial charge in [0.05, 0.1) is 6.10 Å². The summed E-state index contributed by atoms with van der Waals surface area (Å²) in [5, 5.41) is 13.4. The number of nitrogens with two attached hydrogens (primary N) is 1. The second-order valence-electron chi connectivity index (χ2n) is 4.85. The van der Waals surface area contributed by atoms with Gasteiger partial charge in [-0.3, -0.25) is 4.79 Å². The minimum Gasteiger partial charge on any atom is -0.391 e. The average molecular weight is 268 g/mol. The Morgan fingerprint density at radius 1 is 1.50 bits per heavy atom. The van der Waals surface area contributed by atoms with Crippen LogP contribution in [0.1, 0.15) is 28.9 Å². The molecule has 2 fully saturated rings. The number of hydrogen-bond acceptors (Lipinski definition) is 6. The van der Waals surface area contributed by atoms with Crippen LogP contribution in [0.2, 0.25) is 0 Å². The number of aliphatic hydroxyl groups is 1. The molecule has 1 saturated carbocycles. The van der Waals surface area contributed by atoms with Crippen molar-refractivity contribution in [3.8, 4) is 0 Å². The molecule has 1 saturated heterocycles. The van der Waals surface area contributed by atoms with Crippen molar-refractivity contribution in [1.29, 1.82) is 0 Å². The maximum atomic E-state index is 12.2. The molecule has 1 aromatic rings. The molecule has 98 valence electrons. The maximum absolute atomic E-state index is 12.2. The van der Waals surface area contributed by atoms with E-state index in [-0.39, 0.29) is 11.7 Å². The zero-order chi connectivity index (χ0) is 12.7. The molecule has 2 heterocycles. The molecule has 1 atom stereocenters. The van der Waals surface area contributed by atoms with Crippen molar-refractivity contribution in [3.63, 3.8) is 0 Å². The van der Waals surface area contributed by atoms with Crippen molar-refractivity contribution in [2.24, 2.45) is 0 Å². The lowest BCUT2D eigenvalue weighted by Gasteiger charge is -2.13. The molecule has 0 aromatic carbocycles. The zero-order valence-electron chi connectivity index (χ0n) is 9.93. The first kappa shape index (κ1) is 11.7. The van der Waals surface area contributed by atoms with Crippen LogP contribution in [0.3, 0.4) is 0 Å². The maximum Gasteiger partial charge on any atom is 0.267 e. The van der Waals surface area contributed by atoms with Crippen molar-refractivity contribution in [2.45, 2.75) is 31.4 Å². The molecule has 18 heavy (non-hydrogen) atoms. The van der Waals surface area contributed by atoms with E-state index in [1.807, 2.05) is 0 Å². The highest BCUT2D eigenvalue weighted by Crippen LogP contribution is 2.31. The number of nitrogens with one attached hydrogen (secondary N) is 1. The van der Waals surface area contributed by atoms with Gasteiger partial charge in [0, 0.05) is 19.1 Å². The van der Waals surface area contributed by atoms with Crippen molar-refractivity contribution in [2.75, 3.05) is 24.1 Å². The lowest BCUT2D eigenvalue weighted by molar-refractivity contribution is 0.0770. The van der Waals surface area contributed by atoms with E-state index in [2.05, 4.69) is 10.3 Å². The van der Waals surface area contributed by atoms with Gasteiger partial charge in [-0.1, -0.05) is 11.3 Å². The molecule has 3 rings (SSSR count). The minimum atomic E-state index is -0.410. The number of carbonyl (C=O) groups excluding carboxylic acids is 1. The van der Waals surface area contributed by atoms with Crippen LogP contribution in [0.25, 0.3) is 0 Å². The molecular formula is C11H16N4O2S. The number of nitrogens with zero attached hydrogens (tertiary/aromatic N) is 2. The molecule has 1 aliphatic heterocycles. The predicted molar refractivity (Wildman–Crippen MR) is 69.7 cm³/mol. The summed E-state index contributed by atoms with van der Waals surface area (Å²) in [6, 6.07) is 0.493. The highest BCUT2D eigenvalue weighted by atomic mass is 32.1. The number of β-amino-alcohol motifs (C(OH)–C–C–N with tert-alkyl or cyclic N) is 1. The van der Waals surface area contributed by atoms with Gasteiger partial charge in [0.2, 0.25) is 0 Å². The van der Waals surface area contributed by atoms with Gasteiger partial charge in [-0.2, -0.15) is 0 Å². The fraction of sp³-hybridized carbons (Fsp3) is 0.636. The highest BCUT2D eigenvalue weighted by Gasteiger charge is 2.29. The summed E-state index contributed by atoms with van der Waals surface area (Å²) in [4.78, 5) is 18.5. The second-order valence-corrected chi connectivity index (χ2v) is 5.84. The van der Waals surface area contributed by atoms with E-state index in [1.165, 1.54) is 11.3 Å². The molecule has 1 aromatic heterocycles. The first-order chi connectivity index (χ1) is 8.63. The lowest BCUT2D eigenvalue weighted by Crippen LogP contribution is -2.29. The standard InChI is InChI=1S/C11H16N4O2S/c12-9-8(10(17)15-4-3-7(16)5-15)18-11(14-9)13-6-1-2-6/h6-7,16H,1-5,12H2,(H,13,14). The number of anilines is 2. The Kier molecular flexibility index (Phi) is 2.87. The van der Waals surface area contributed by atoms with E-state index in [0.717, 1.165) is 18.0 Å². The van der Waals surface area contributed by atoms with E-state index in [4.69, 9.17) is 5.73 Å². The number of thiazole rings is 1. The fourth-order valence-corrected chi connectivity index (χ4v) is 2.95. The topological polar surface area (TPSA) is 91.5 Å². The van der Waals surface area contributed by atoms with Crippen molar-refractivity contribution < 1.29 is 9.90 Å². The van der Waals surface area contributed by atoms with Gasteiger partial charge in [0.25, 0.3) is 5.91 Å². The van der Waals surface area contributed by atoms with E-state index < -0.39 is 6.10 Å². The third-order valence-corrected chi connectivity index (χ3v) is 4.19. The van der Waals surface area contributed by atoms with Crippen LogP contribution in [-0.4, -0.2) is 46.1 Å². The largest absolute Gasteiger partial charge is 0.391 e. The quantitative estimate of drug-likeness (QED) is 0.743. The number of carbonyl (C=O) groups is 1. The third-order valence-electron chi connectivity index (χ3n) is 3.20. The normalized spacial score (nSPS) is 23.4. The van der Waals surface area contributed by atoms with Crippen LogP contribution in [0.15, 0.2) is 0 Å². The number of likely N-dealkylation sites (tertiary alicyclic amines) is 1. The van der Waals surface area contributed by atoms with E-state index in [0.29, 0.717) is 30.4 Å². The molecule has 7 heteroatoms. The number of amides is 1. The SMILES string of the molecule is Nc1nc(NC2CC2)sc1C(=O)N1CCC(O)C1. The van der Waals surface area contributed by atoms with Gasteiger partial charge in [-0.15, -0.1) is 0 Å². The van der Waals surface area contributed by atoms with Crippen LogP contribution in [-0.2, 0) is 0 Å². The van der Waals surface area contributed by atoms with Crippen molar-refractivity contribution in [3.05, 3.63) is 4.88 Å². The number of aromatic nitrogens is 1. The molecule has 1 amide bonds. The van der Waals surface area contributed by atoms with Gasteiger partial charge < -0.3 is 21.1 Å². The van der Waals surface area contributed by atoms with Crippen molar-refractivity contribution in [1.82, 2.24) is 9.88 Å². The summed E-state index contributed by atoms with van der Waals surface area (Å²) in [6.07, 6.45) is 2.53.